The molecular weight excluding hydrogens is 272 g/mol. The van der Waals surface area contributed by atoms with E-state index in [9.17, 15) is 20.0 Å². The van der Waals surface area contributed by atoms with Gasteiger partial charge in [-0.25, -0.2) is 4.79 Å². The standard InChI is InChI=1S/C15H14N2O4/c1-9(2)14-11(15(18)19)7-8-12(16-14)10-5-3-4-6-13(10)17(20)21/h3-9H,1-2H3,(H,18,19). The van der Waals surface area contributed by atoms with E-state index < -0.39 is 10.9 Å². The average Bonchev–Trinajstić information content (AvgIpc) is 2.46. The Bertz CT molecular complexity index is 711. The van der Waals surface area contributed by atoms with Crippen molar-refractivity contribution in [1.82, 2.24) is 4.98 Å². The van der Waals surface area contributed by atoms with Crippen LogP contribution in [0.5, 0.6) is 0 Å². The second-order valence-corrected chi connectivity index (χ2v) is 4.86. The lowest BCUT2D eigenvalue weighted by Crippen LogP contribution is -2.07. The van der Waals surface area contributed by atoms with Gasteiger partial charge in [-0.2, -0.15) is 0 Å². The van der Waals surface area contributed by atoms with Crippen LogP contribution in [0.1, 0.15) is 35.8 Å². The normalized spacial score (nSPS) is 10.6. The van der Waals surface area contributed by atoms with Crippen LogP contribution < -0.4 is 0 Å². The largest absolute Gasteiger partial charge is 0.478 e. The van der Waals surface area contributed by atoms with Crippen LogP contribution in [0.2, 0.25) is 0 Å². The van der Waals surface area contributed by atoms with Gasteiger partial charge in [-0.15, -0.1) is 0 Å². The Labute approximate surface area is 121 Å². The summed E-state index contributed by atoms with van der Waals surface area (Å²) in [7, 11) is 0. The summed E-state index contributed by atoms with van der Waals surface area (Å²) in [6.45, 7) is 3.66. The van der Waals surface area contributed by atoms with Gasteiger partial charge in [0, 0.05) is 6.07 Å². The zero-order chi connectivity index (χ0) is 15.6. The maximum Gasteiger partial charge on any atom is 0.337 e. The Morgan fingerprint density at radius 2 is 1.90 bits per heavy atom. The van der Waals surface area contributed by atoms with Crippen molar-refractivity contribution < 1.29 is 14.8 Å². The molecule has 0 aliphatic rings. The van der Waals surface area contributed by atoms with E-state index >= 15 is 0 Å². The van der Waals surface area contributed by atoms with Crippen LogP contribution in [-0.2, 0) is 0 Å². The first-order valence-corrected chi connectivity index (χ1v) is 6.40. The molecule has 0 radical (unpaired) electrons. The number of hydrogen-bond acceptors (Lipinski definition) is 4. The van der Waals surface area contributed by atoms with E-state index in [1.54, 1.807) is 18.2 Å². The monoisotopic (exact) mass is 286 g/mol. The van der Waals surface area contributed by atoms with Crippen LogP contribution in [0.4, 0.5) is 5.69 Å². The van der Waals surface area contributed by atoms with Gasteiger partial charge in [0.2, 0.25) is 0 Å². The van der Waals surface area contributed by atoms with E-state index in [0.29, 0.717) is 17.0 Å². The molecule has 0 atom stereocenters. The Morgan fingerprint density at radius 3 is 2.48 bits per heavy atom. The number of para-hydroxylation sites is 1. The summed E-state index contributed by atoms with van der Waals surface area (Å²) in [5.41, 5.74) is 1.26. The summed E-state index contributed by atoms with van der Waals surface area (Å²) in [5, 5.41) is 20.2. The quantitative estimate of drug-likeness (QED) is 0.686. The number of carboxylic acid groups (broad SMARTS) is 1. The number of carboxylic acids is 1. The lowest BCUT2D eigenvalue weighted by molar-refractivity contribution is -0.384. The topological polar surface area (TPSA) is 93.3 Å². The number of aromatic nitrogens is 1. The third-order valence-electron chi connectivity index (χ3n) is 3.08. The number of nitrogens with zero attached hydrogens (tertiary/aromatic N) is 2. The zero-order valence-electron chi connectivity index (χ0n) is 11.6. The number of nitro groups is 1. The molecule has 0 amide bonds. The van der Waals surface area contributed by atoms with Gasteiger partial charge in [-0.05, 0) is 24.1 Å². The summed E-state index contributed by atoms with van der Waals surface area (Å²) in [6.07, 6.45) is 0. The fourth-order valence-corrected chi connectivity index (χ4v) is 2.10. The summed E-state index contributed by atoms with van der Waals surface area (Å²) in [5.74, 6) is -1.15. The summed E-state index contributed by atoms with van der Waals surface area (Å²) >= 11 is 0. The van der Waals surface area contributed by atoms with Crippen LogP contribution in [0.25, 0.3) is 11.3 Å². The number of hydrogen-bond donors (Lipinski definition) is 1. The molecular formula is C15H14N2O4. The van der Waals surface area contributed by atoms with Crippen LogP contribution >= 0.6 is 0 Å². The summed E-state index contributed by atoms with van der Waals surface area (Å²) in [4.78, 5) is 26.1. The minimum absolute atomic E-state index is 0.0530. The molecule has 1 aromatic carbocycles. The van der Waals surface area contributed by atoms with Crippen LogP contribution in [0.3, 0.4) is 0 Å². The first kappa shape index (κ1) is 14.6. The molecule has 1 aromatic heterocycles. The van der Waals surface area contributed by atoms with Gasteiger partial charge < -0.3 is 5.11 Å². The van der Waals surface area contributed by atoms with Crippen LogP contribution in [-0.4, -0.2) is 21.0 Å². The lowest BCUT2D eigenvalue weighted by Gasteiger charge is -2.11. The maximum atomic E-state index is 11.2. The van der Waals surface area contributed by atoms with Gasteiger partial charge in [0.25, 0.3) is 5.69 Å². The van der Waals surface area contributed by atoms with E-state index in [1.165, 1.54) is 18.2 Å². The molecule has 6 nitrogen and oxygen atoms in total. The molecule has 1 N–H and O–H groups in total. The molecule has 0 unspecified atom stereocenters. The highest BCUT2D eigenvalue weighted by Gasteiger charge is 2.19. The Hall–Kier alpha value is -2.76. The Morgan fingerprint density at radius 1 is 1.24 bits per heavy atom. The molecule has 0 saturated heterocycles. The third-order valence-corrected chi connectivity index (χ3v) is 3.08. The SMILES string of the molecule is CC(C)c1nc(-c2ccccc2[N+](=O)[O-])ccc1C(=O)O. The van der Waals surface area contributed by atoms with Crippen molar-refractivity contribution in [2.45, 2.75) is 19.8 Å². The first-order valence-electron chi connectivity index (χ1n) is 6.40. The average molecular weight is 286 g/mol. The molecule has 0 bridgehead atoms. The molecule has 108 valence electrons. The Balaban J connectivity index is 2.64. The molecule has 0 spiro atoms. The molecule has 0 saturated carbocycles. The van der Waals surface area contributed by atoms with Gasteiger partial charge in [-0.3, -0.25) is 15.1 Å². The minimum atomic E-state index is -1.06. The number of nitro benzene ring substituents is 1. The molecule has 2 rings (SSSR count). The zero-order valence-corrected chi connectivity index (χ0v) is 11.6. The van der Waals surface area contributed by atoms with Gasteiger partial charge in [0.15, 0.2) is 0 Å². The van der Waals surface area contributed by atoms with Crippen molar-refractivity contribution in [3.05, 3.63) is 57.8 Å². The summed E-state index contributed by atoms with van der Waals surface area (Å²) < 4.78 is 0. The second-order valence-electron chi connectivity index (χ2n) is 4.86. The van der Waals surface area contributed by atoms with Gasteiger partial charge in [0.05, 0.1) is 27.4 Å². The van der Waals surface area contributed by atoms with Crippen molar-refractivity contribution >= 4 is 11.7 Å². The van der Waals surface area contributed by atoms with Crippen molar-refractivity contribution in [2.24, 2.45) is 0 Å². The van der Waals surface area contributed by atoms with Gasteiger partial charge in [0.1, 0.15) is 0 Å². The van der Waals surface area contributed by atoms with E-state index in [-0.39, 0.29) is 17.2 Å². The number of carbonyl (C=O) groups is 1. The van der Waals surface area contributed by atoms with Gasteiger partial charge >= 0.3 is 5.97 Å². The fraction of sp³-hybridized carbons (Fsp3) is 0.200. The highest BCUT2D eigenvalue weighted by atomic mass is 16.6. The highest BCUT2D eigenvalue weighted by Crippen LogP contribution is 2.30. The number of aromatic carboxylic acids is 1. The van der Waals surface area contributed by atoms with Crippen LogP contribution in [0, 0.1) is 10.1 Å². The predicted molar refractivity (Wildman–Crippen MR) is 77.4 cm³/mol. The molecule has 0 fully saturated rings. The molecule has 21 heavy (non-hydrogen) atoms. The van der Waals surface area contributed by atoms with E-state index in [4.69, 9.17) is 0 Å². The Kier molecular flexibility index (Phi) is 3.98. The van der Waals surface area contributed by atoms with E-state index in [1.807, 2.05) is 13.8 Å². The second kappa shape index (κ2) is 5.70. The summed E-state index contributed by atoms with van der Waals surface area (Å²) in [6, 6.07) is 9.21. The van der Waals surface area contributed by atoms with Crippen molar-refractivity contribution in [1.29, 1.82) is 0 Å². The van der Waals surface area contributed by atoms with Crippen molar-refractivity contribution in [2.75, 3.05) is 0 Å². The first-order chi connectivity index (χ1) is 9.91. The number of pyridine rings is 1. The smallest absolute Gasteiger partial charge is 0.337 e. The molecule has 1 heterocycles. The fourth-order valence-electron chi connectivity index (χ4n) is 2.10. The predicted octanol–water partition coefficient (Wildman–Crippen LogP) is 3.48. The molecule has 0 aliphatic carbocycles. The van der Waals surface area contributed by atoms with E-state index in [2.05, 4.69) is 4.98 Å². The minimum Gasteiger partial charge on any atom is -0.478 e. The number of rotatable bonds is 4. The maximum absolute atomic E-state index is 11.2. The molecule has 6 heteroatoms. The van der Waals surface area contributed by atoms with Crippen LogP contribution in [0.15, 0.2) is 36.4 Å². The van der Waals surface area contributed by atoms with Crippen molar-refractivity contribution in [3.8, 4) is 11.3 Å². The van der Waals surface area contributed by atoms with Gasteiger partial charge in [-0.1, -0.05) is 26.0 Å². The third kappa shape index (κ3) is 2.89. The number of benzene rings is 1. The molecule has 0 aliphatic heterocycles. The van der Waals surface area contributed by atoms with Crippen molar-refractivity contribution in [3.63, 3.8) is 0 Å². The molecule has 2 aromatic rings. The van der Waals surface area contributed by atoms with E-state index in [0.717, 1.165) is 0 Å². The highest BCUT2D eigenvalue weighted by molar-refractivity contribution is 5.89. The lowest BCUT2D eigenvalue weighted by atomic mass is 10.0.